The standard InChI is InChI=1S/C25H35N7O4S/c1-6-30(14-11-29-12-15-31(16-13-29)36-24(33)25(2,3)4)22-21-17-28-32(23(21)27-18-26-22)19-7-9-20(10-8-19)37(5,34)35/h7-10,17-18H,6,11-16H2,1-5H3. The predicted molar refractivity (Wildman–Crippen MR) is 141 cm³/mol. The summed E-state index contributed by atoms with van der Waals surface area (Å²) in [4.78, 5) is 31.5. The number of sulfone groups is 1. The molecule has 1 aromatic carbocycles. The fourth-order valence-electron chi connectivity index (χ4n) is 4.08. The minimum absolute atomic E-state index is 0.210. The Morgan fingerprint density at radius 1 is 1.08 bits per heavy atom. The molecule has 1 saturated heterocycles. The fraction of sp³-hybridized carbons (Fsp3) is 0.520. The van der Waals surface area contributed by atoms with Gasteiger partial charge in [0.2, 0.25) is 0 Å². The Hall–Kier alpha value is -3.09. The number of piperazine rings is 1. The molecular formula is C25H35N7O4S. The summed E-state index contributed by atoms with van der Waals surface area (Å²) < 4.78 is 25.3. The monoisotopic (exact) mass is 529 g/mol. The lowest BCUT2D eigenvalue weighted by Gasteiger charge is -2.35. The highest BCUT2D eigenvalue weighted by Gasteiger charge is 2.28. The van der Waals surface area contributed by atoms with E-state index in [2.05, 4.69) is 31.8 Å². The average Bonchev–Trinajstić information content (AvgIpc) is 3.29. The second kappa shape index (κ2) is 10.7. The molecule has 0 bridgehead atoms. The maximum absolute atomic E-state index is 12.2. The van der Waals surface area contributed by atoms with E-state index < -0.39 is 15.3 Å². The second-order valence-corrected chi connectivity index (χ2v) is 12.3. The van der Waals surface area contributed by atoms with Crippen LogP contribution in [0.3, 0.4) is 0 Å². The van der Waals surface area contributed by atoms with Crippen molar-refractivity contribution in [1.29, 1.82) is 0 Å². The predicted octanol–water partition coefficient (Wildman–Crippen LogP) is 2.17. The molecule has 0 aliphatic carbocycles. The molecule has 200 valence electrons. The lowest BCUT2D eigenvalue weighted by Crippen LogP contribution is -2.49. The number of rotatable bonds is 8. The third-order valence-electron chi connectivity index (χ3n) is 6.38. The molecule has 12 heteroatoms. The van der Waals surface area contributed by atoms with Gasteiger partial charge in [-0.1, -0.05) is 0 Å². The van der Waals surface area contributed by atoms with Crippen molar-refractivity contribution in [2.24, 2.45) is 5.41 Å². The highest BCUT2D eigenvalue weighted by atomic mass is 32.2. The van der Waals surface area contributed by atoms with Gasteiger partial charge in [0.05, 0.1) is 27.6 Å². The van der Waals surface area contributed by atoms with Gasteiger partial charge in [-0.15, -0.1) is 5.06 Å². The van der Waals surface area contributed by atoms with E-state index in [1.807, 2.05) is 20.8 Å². The number of carbonyl (C=O) groups is 1. The molecule has 1 aliphatic rings. The fourth-order valence-corrected chi connectivity index (χ4v) is 4.71. The van der Waals surface area contributed by atoms with E-state index in [0.29, 0.717) is 18.7 Å². The van der Waals surface area contributed by atoms with Crippen LogP contribution in [0.15, 0.2) is 41.7 Å². The van der Waals surface area contributed by atoms with E-state index in [1.54, 1.807) is 40.2 Å². The number of aromatic nitrogens is 4. The maximum atomic E-state index is 12.2. The van der Waals surface area contributed by atoms with Crippen LogP contribution in [0.2, 0.25) is 0 Å². The molecule has 3 aromatic rings. The number of carbonyl (C=O) groups excluding carboxylic acids is 1. The number of likely N-dealkylation sites (N-methyl/N-ethyl adjacent to an activating group) is 1. The van der Waals surface area contributed by atoms with E-state index in [9.17, 15) is 13.2 Å². The van der Waals surface area contributed by atoms with Crippen LogP contribution < -0.4 is 4.90 Å². The Morgan fingerprint density at radius 3 is 2.35 bits per heavy atom. The quantitative estimate of drug-likeness (QED) is 0.430. The smallest absolute Gasteiger partial charge is 0.330 e. The Balaban J connectivity index is 1.42. The van der Waals surface area contributed by atoms with E-state index >= 15 is 0 Å². The van der Waals surface area contributed by atoms with Gasteiger partial charge in [-0.25, -0.2) is 27.9 Å². The lowest BCUT2D eigenvalue weighted by atomic mass is 9.98. The molecule has 0 saturated carbocycles. The molecule has 0 spiro atoms. The molecule has 0 atom stereocenters. The van der Waals surface area contributed by atoms with Crippen LogP contribution in [0, 0.1) is 5.41 Å². The summed E-state index contributed by atoms with van der Waals surface area (Å²) in [5.41, 5.74) is 0.861. The average molecular weight is 530 g/mol. The summed E-state index contributed by atoms with van der Waals surface area (Å²) in [5, 5.41) is 7.10. The molecule has 3 heterocycles. The molecule has 4 rings (SSSR count). The minimum atomic E-state index is -3.27. The van der Waals surface area contributed by atoms with Crippen LogP contribution in [0.5, 0.6) is 0 Å². The van der Waals surface area contributed by atoms with E-state index in [4.69, 9.17) is 4.84 Å². The molecule has 0 N–H and O–H groups in total. The Morgan fingerprint density at radius 2 is 1.76 bits per heavy atom. The van der Waals surface area contributed by atoms with Crippen molar-refractivity contribution >= 4 is 32.7 Å². The van der Waals surface area contributed by atoms with Gasteiger partial charge < -0.3 is 9.74 Å². The topological polar surface area (TPSA) is 114 Å². The van der Waals surface area contributed by atoms with Crippen molar-refractivity contribution in [1.82, 2.24) is 29.7 Å². The molecule has 2 aromatic heterocycles. The third kappa shape index (κ3) is 6.25. The zero-order chi connectivity index (χ0) is 26.8. The summed E-state index contributed by atoms with van der Waals surface area (Å²) in [6, 6.07) is 6.59. The largest absolute Gasteiger partial charge is 0.367 e. The van der Waals surface area contributed by atoms with E-state index in [1.165, 1.54) is 12.6 Å². The van der Waals surface area contributed by atoms with Crippen molar-refractivity contribution in [3.05, 3.63) is 36.8 Å². The van der Waals surface area contributed by atoms with Crippen LogP contribution in [0.1, 0.15) is 27.7 Å². The van der Waals surface area contributed by atoms with Gasteiger partial charge in [0.1, 0.15) is 12.1 Å². The molecule has 11 nitrogen and oxygen atoms in total. The Kier molecular flexibility index (Phi) is 7.81. The third-order valence-corrected chi connectivity index (χ3v) is 7.51. The van der Waals surface area contributed by atoms with Crippen LogP contribution in [0.25, 0.3) is 16.7 Å². The van der Waals surface area contributed by atoms with Crippen molar-refractivity contribution in [2.45, 2.75) is 32.6 Å². The number of hydrogen-bond donors (Lipinski definition) is 0. The lowest BCUT2D eigenvalue weighted by molar-refractivity contribution is -0.206. The van der Waals surface area contributed by atoms with Crippen LogP contribution in [-0.4, -0.2) is 96.2 Å². The molecule has 37 heavy (non-hydrogen) atoms. The Labute approximate surface area is 217 Å². The van der Waals surface area contributed by atoms with Gasteiger partial charge in [-0.3, -0.25) is 4.90 Å². The number of benzene rings is 1. The normalized spacial score (nSPS) is 15.7. The van der Waals surface area contributed by atoms with Crippen LogP contribution in [-0.2, 0) is 19.5 Å². The molecule has 1 aliphatic heterocycles. The minimum Gasteiger partial charge on any atom is -0.367 e. The molecule has 1 fully saturated rings. The number of nitrogens with zero attached hydrogens (tertiary/aromatic N) is 7. The van der Waals surface area contributed by atoms with E-state index in [0.717, 1.165) is 49.6 Å². The van der Waals surface area contributed by atoms with Gasteiger partial charge >= 0.3 is 5.97 Å². The molecule has 0 unspecified atom stereocenters. The van der Waals surface area contributed by atoms with Crippen LogP contribution in [0.4, 0.5) is 5.82 Å². The zero-order valence-corrected chi connectivity index (χ0v) is 22.9. The number of hydrogen-bond acceptors (Lipinski definition) is 10. The highest BCUT2D eigenvalue weighted by molar-refractivity contribution is 7.90. The summed E-state index contributed by atoms with van der Waals surface area (Å²) >= 11 is 0. The zero-order valence-electron chi connectivity index (χ0n) is 22.1. The summed E-state index contributed by atoms with van der Waals surface area (Å²) in [5.74, 6) is 0.599. The highest BCUT2D eigenvalue weighted by Crippen LogP contribution is 2.25. The van der Waals surface area contributed by atoms with Gasteiger partial charge in [0.25, 0.3) is 0 Å². The van der Waals surface area contributed by atoms with Gasteiger partial charge in [-0.05, 0) is 52.0 Å². The van der Waals surface area contributed by atoms with Crippen molar-refractivity contribution < 1.29 is 18.0 Å². The summed E-state index contributed by atoms with van der Waals surface area (Å²) in [7, 11) is -3.27. The second-order valence-electron chi connectivity index (χ2n) is 10.2. The van der Waals surface area contributed by atoms with Crippen LogP contribution >= 0.6 is 0 Å². The Bertz CT molecular complexity index is 1340. The number of hydroxylamine groups is 2. The first-order chi connectivity index (χ1) is 17.5. The number of anilines is 1. The molecule has 0 radical (unpaired) electrons. The van der Waals surface area contributed by atoms with Crippen molar-refractivity contribution in [3.63, 3.8) is 0 Å². The van der Waals surface area contributed by atoms with Gasteiger partial charge in [-0.2, -0.15) is 5.10 Å². The van der Waals surface area contributed by atoms with Gasteiger partial charge in [0.15, 0.2) is 15.5 Å². The first kappa shape index (κ1) is 27.0. The maximum Gasteiger partial charge on any atom is 0.330 e. The first-order valence-electron chi connectivity index (χ1n) is 12.4. The SMILES string of the molecule is CCN(CCN1CCN(OC(=O)C(C)(C)C)CC1)c1ncnc2c1cnn2-c1ccc(S(C)(=O)=O)cc1. The van der Waals surface area contributed by atoms with Gasteiger partial charge in [0, 0.05) is 52.1 Å². The van der Waals surface area contributed by atoms with Crippen molar-refractivity contribution in [2.75, 3.05) is 57.0 Å². The van der Waals surface area contributed by atoms with E-state index in [-0.39, 0.29) is 10.9 Å². The summed E-state index contributed by atoms with van der Waals surface area (Å²) in [6.07, 6.45) is 4.47. The first-order valence-corrected chi connectivity index (χ1v) is 14.3. The molecule has 0 amide bonds. The van der Waals surface area contributed by atoms with Crippen molar-refractivity contribution in [3.8, 4) is 5.69 Å². The molecular weight excluding hydrogens is 494 g/mol. The summed E-state index contributed by atoms with van der Waals surface area (Å²) in [6.45, 7) is 13.0. The number of fused-ring (bicyclic) bond motifs is 1.